The Labute approximate surface area is 96.2 Å². The lowest BCUT2D eigenvalue weighted by molar-refractivity contribution is 0.138. The van der Waals surface area contributed by atoms with Crippen molar-refractivity contribution in [2.75, 3.05) is 13.6 Å². The third kappa shape index (κ3) is 4.00. The highest BCUT2D eigenvalue weighted by atomic mass is 16.3. The molecule has 0 fully saturated rings. The van der Waals surface area contributed by atoms with Crippen LogP contribution in [0.4, 0.5) is 0 Å². The second-order valence-corrected chi connectivity index (χ2v) is 4.16. The maximum Gasteiger partial charge on any atom is 0.122 e. The fourth-order valence-electron chi connectivity index (χ4n) is 1.66. The molecule has 0 aliphatic rings. The number of hydrogen-bond acceptors (Lipinski definition) is 3. The number of aliphatic hydroxyl groups excluding tert-OH is 1. The summed E-state index contributed by atoms with van der Waals surface area (Å²) >= 11 is 0. The first-order chi connectivity index (χ1) is 7.49. The molecule has 4 N–H and O–H groups in total. The first-order valence-corrected chi connectivity index (χ1v) is 5.29. The zero-order valence-electron chi connectivity index (χ0n) is 9.77. The largest absolute Gasteiger partial charge is 0.392 e. The molecule has 4 nitrogen and oxygen atoms in total. The summed E-state index contributed by atoms with van der Waals surface area (Å²) in [5.74, 6) is 0.0834. The molecule has 16 heavy (non-hydrogen) atoms. The van der Waals surface area contributed by atoms with Gasteiger partial charge in [-0.25, -0.2) is 0 Å². The molecule has 1 aromatic rings. The minimum Gasteiger partial charge on any atom is -0.392 e. The number of nitrogens with one attached hydrogen (secondary N) is 1. The lowest BCUT2D eigenvalue weighted by Gasteiger charge is -2.18. The summed E-state index contributed by atoms with van der Waals surface area (Å²) in [5.41, 5.74) is 7.26. The molecule has 1 unspecified atom stereocenters. The predicted molar refractivity (Wildman–Crippen MR) is 65.5 cm³/mol. The summed E-state index contributed by atoms with van der Waals surface area (Å²) < 4.78 is 0. The summed E-state index contributed by atoms with van der Waals surface area (Å²) in [6, 6.07) is 7.61. The van der Waals surface area contributed by atoms with Gasteiger partial charge >= 0.3 is 0 Å². The molecule has 0 aliphatic heterocycles. The molecular weight excluding hydrogens is 202 g/mol. The van der Waals surface area contributed by atoms with E-state index in [1.807, 2.05) is 36.2 Å². The quantitative estimate of drug-likeness (QED) is 0.508. The number of nitrogens with zero attached hydrogens (tertiary/aromatic N) is 1. The molecule has 0 aliphatic carbocycles. The van der Waals surface area contributed by atoms with E-state index in [9.17, 15) is 5.11 Å². The molecule has 88 valence electrons. The highest BCUT2D eigenvalue weighted by Gasteiger charge is 2.05. The normalized spacial score (nSPS) is 12.8. The highest BCUT2D eigenvalue weighted by molar-refractivity contribution is 5.95. The van der Waals surface area contributed by atoms with Crippen LogP contribution in [0.5, 0.6) is 0 Å². The molecular formula is C12H19N3O. The van der Waals surface area contributed by atoms with Crippen LogP contribution in [-0.2, 0) is 6.54 Å². The van der Waals surface area contributed by atoms with Gasteiger partial charge in [-0.1, -0.05) is 18.2 Å². The van der Waals surface area contributed by atoms with Crippen LogP contribution in [0.2, 0.25) is 0 Å². The summed E-state index contributed by atoms with van der Waals surface area (Å²) in [7, 11) is 1.95. The van der Waals surface area contributed by atoms with Crippen LogP contribution in [0.15, 0.2) is 24.3 Å². The van der Waals surface area contributed by atoms with Crippen molar-refractivity contribution in [2.24, 2.45) is 5.73 Å². The van der Waals surface area contributed by atoms with Gasteiger partial charge in [0.25, 0.3) is 0 Å². The third-order valence-corrected chi connectivity index (χ3v) is 2.27. The monoisotopic (exact) mass is 221 g/mol. The number of aliphatic hydroxyl groups is 1. The second-order valence-electron chi connectivity index (χ2n) is 4.16. The van der Waals surface area contributed by atoms with Gasteiger partial charge in [0.05, 0.1) is 6.10 Å². The van der Waals surface area contributed by atoms with Crippen LogP contribution < -0.4 is 5.73 Å². The third-order valence-electron chi connectivity index (χ3n) is 2.27. The molecule has 0 saturated carbocycles. The van der Waals surface area contributed by atoms with E-state index in [1.54, 1.807) is 6.92 Å². The molecule has 1 aromatic carbocycles. The van der Waals surface area contributed by atoms with Crippen molar-refractivity contribution in [3.63, 3.8) is 0 Å². The Morgan fingerprint density at radius 2 is 2.25 bits per heavy atom. The molecule has 0 saturated heterocycles. The fourth-order valence-corrected chi connectivity index (χ4v) is 1.66. The first kappa shape index (κ1) is 12.7. The van der Waals surface area contributed by atoms with Gasteiger partial charge in [0.1, 0.15) is 5.84 Å². The molecule has 0 spiro atoms. The Morgan fingerprint density at radius 3 is 2.81 bits per heavy atom. The van der Waals surface area contributed by atoms with Crippen molar-refractivity contribution in [3.8, 4) is 0 Å². The Bertz CT molecular complexity index is 363. The van der Waals surface area contributed by atoms with E-state index in [1.165, 1.54) is 0 Å². The lowest BCUT2D eigenvalue weighted by Crippen LogP contribution is -2.26. The number of amidine groups is 1. The summed E-state index contributed by atoms with van der Waals surface area (Å²) in [4.78, 5) is 2.03. The summed E-state index contributed by atoms with van der Waals surface area (Å²) in [6.45, 7) is 3.14. The smallest absolute Gasteiger partial charge is 0.122 e. The van der Waals surface area contributed by atoms with Gasteiger partial charge in [-0.15, -0.1) is 0 Å². The molecule has 0 aromatic heterocycles. The number of hydrogen-bond donors (Lipinski definition) is 3. The van der Waals surface area contributed by atoms with Crippen LogP contribution in [0.3, 0.4) is 0 Å². The van der Waals surface area contributed by atoms with Crippen molar-refractivity contribution in [1.29, 1.82) is 5.41 Å². The van der Waals surface area contributed by atoms with Gasteiger partial charge in [-0.2, -0.15) is 0 Å². The Morgan fingerprint density at radius 1 is 1.56 bits per heavy atom. The van der Waals surface area contributed by atoms with E-state index in [4.69, 9.17) is 11.1 Å². The molecule has 0 amide bonds. The Kier molecular flexibility index (Phi) is 4.46. The molecule has 0 heterocycles. The zero-order valence-corrected chi connectivity index (χ0v) is 9.77. The average molecular weight is 221 g/mol. The number of nitrogen functional groups attached to an aromatic ring is 1. The number of rotatable bonds is 5. The standard InChI is InChI=1S/C12H19N3O/c1-9(16)7-15(2)8-10-4-3-5-11(6-10)12(13)14/h3-6,9,16H,7-8H2,1-2H3,(H3,13,14). The molecule has 1 rings (SSSR count). The zero-order chi connectivity index (χ0) is 12.1. The minimum absolute atomic E-state index is 0.0834. The van der Waals surface area contributed by atoms with Gasteiger partial charge in [0.2, 0.25) is 0 Å². The van der Waals surface area contributed by atoms with Crippen molar-refractivity contribution in [1.82, 2.24) is 4.90 Å². The van der Waals surface area contributed by atoms with E-state index in [2.05, 4.69) is 0 Å². The van der Waals surface area contributed by atoms with Crippen LogP contribution in [0.1, 0.15) is 18.1 Å². The predicted octanol–water partition coefficient (Wildman–Crippen LogP) is 0.783. The van der Waals surface area contributed by atoms with Gasteiger partial charge < -0.3 is 10.8 Å². The van der Waals surface area contributed by atoms with Crippen molar-refractivity contribution >= 4 is 5.84 Å². The summed E-state index contributed by atoms with van der Waals surface area (Å²) in [5, 5.41) is 16.6. The van der Waals surface area contributed by atoms with Gasteiger partial charge in [0.15, 0.2) is 0 Å². The van der Waals surface area contributed by atoms with E-state index in [-0.39, 0.29) is 11.9 Å². The van der Waals surface area contributed by atoms with Gasteiger partial charge in [-0.3, -0.25) is 10.3 Å². The van der Waals surface area contributed by atoms with Crippen LogP contribution in [0.25, 0.3) is 0 Å². The number of benzene rings is 1. The first-order valence-electron chi connectivity index (χ1n) is 5.29. The maximum atomic E-state index is 9.25. The molecule has 1 atom stereocenters. The highest BCUT2D eigenvalue weighted by Crippen LogP contribution is 2.07. The fraction of sp³-hybridized carbons (Fsp3) is 0.417. The van der Waals surface area contributed by atoms with E-state index >= 15 is 0 Å². The molecule has 0 radical (unpaired) electrons. The second kappa shape index (κ2) is 5.63. The van der Waals surface area contributed by atoms with Gasteiger partial charge in [-0.05, 0) is 25.6 Å². The molecule has 0 bridgehead atoms. The van der Waals surface area contributed by atoms with Gasteiger partial charge in [0, 0.05) is 18.7 Å². The molecule has 4 heteroatoms. The van der Waals surface area contributed by atoms with E-state index < -0.39 is 0 Å². The van der Waals surface area contributed by atoms with E-state index in [0.29, 0.717) is 6.54 Å². The van der Waals surface area contributed by atoms with E-state index in [0.717, 1.165) is 17.7 Å². The summed E-state index contributed by atoms with van der Waals surface area (Å²) in [6.07, 6.45) is -0.332. The van der Waals surface area contributed by atoms with Crippen LogP contribution in [0, 0.1) is 5.41 Å². The Balaban J connectivity index is 2.66. The minimum atomic E-state index is -0.332. The number of likely N-dealkylation sites (N-methyl/N-ethyl adjacent to an activating group) is 1. The number of nitrogens with two attached hydrogens (primary N) is 1. The Hall–Kier alpha value is -1.39. The topological polar surface area (TPSA) is 73.3 Å². The SMILES string of the molecule is CC(O)CN(C)Cc1cccc(C(=N)N)c1. The van der Waals surface area contributed by atoms with Crippen molar-refractivity contribution in [3.05, 3.63) is 35.4 Å². The van der Waals surface area contributed by atoms with Crippen LogP contribution >= 0.6 is 0 Å². The lowest BCUT2D eigenvalue weighted by atomic mass is 10.1. The van der Waals surface area contributed by atoms with Crippen molar-refractivity contribution < 1.29 is 5.11 Å². The maximum absolute atomic E-state index is 9.25. The van der Waals surface area contributed by atoms with Crippen molar-refractivity contribution in [2.45, 2.75) is 19.6 Å². The van der Waals surface area contributed by atoms with Crippen LogP contribution in [-0.4, -0.2) is 35.5 Å². The average Bonchev–Trinajstić information content (AvgIpc) is 2.16.